The van der Waals surface area contributed by atoms with Crippen LogP contribution in [0.2, 0.25) is 0 Å². The second-order valence-corrected chi connectivity index (χ2v) is 10.1. The summed E-state index contributed by atoms with van der Waals surface area (Å²) in [4.78, 5) is 17.4. The van der Waals surface area contributed by atoms with Crippen molar-refractivity contribution in [1.29, 1.82) is 0 Å². The number of carbonyl (C=O) groups excluding carboxylic acids is 1. The number of hydrogen-bond donors (Lipinski definition) is 2. The number of ketones is 1. The summed E-state index contributed by atoms with van der Waals surface area (Å²) >= 11 is 0. The molecule has 9 nitrogen and oxygen atoms in total. The van der Waals surface area contributed by atoms with Gasteiger partial charge in [-0.2, -0.15) is 0 Å². The normalized spacial score (nSPS) is 15.3. The number of halogens is 1. The molecule has 0 atom stereocenters. The van der Waals surface area contributed by atoms with Gasteiger partial charge >= 0.3 is 0 Å². The SMILES string of the molecule is COc1ccc(Oc2cc(NCC3COC3)c3ncc(-c4ccc(C(=O)CNC5CC5)c(C)c4)n3n2)cc1F. The van der Waals surface area contributed by atoms with Crippen LogP contribution in [0.1, 0.15) is 28.8 Å². The first-order valence-corrected chi connectivity index (χ1v) is 13.1. The summed E-state index contributed by atoms with van der Waals surface area (Å²) in [6.45, 7) is 4.41. The molecule has 2 aliphatic rings. The van der Waals surface area contributed by atoms with Gasteiger partial charge in [-0.1, -0.05) is 12.1 Å². The molecule has 2 N–H and O–H groups in total. The third kappa shape index (κ3) is 5.43. The maximum atomic E-state index is 14.3. The fourth-order valence-corrected chi connectivity index (χ4v) is 4.57. The molecule has 202 valence electrons. The molecule has 3 heterocycles. The Morgan fingerprint density at radius 3 is 2.72 bits per heavy atom. The lowest BCUT2D eigenvalue weighted by atomic mass is 10.0. The van der Waals surface area contributed by atoms with Crippen LogP contribution in [0.15, 0.2) is 48.7 Å². The van der Waals surface area contributed by atoms with Crippen LogP contribution in [0.5, 0.6) is 17.4 Å². The molecule has 2 aromatic heterocycles. The maximum absolute atomic E-state index is 14.3. The molecule has 10 heteroatoms. The van der Waals surface area contributed by atoms with Crippen LogP contribution in [0, 0.1) is 18.7 Å². The van der Waals surface area contributed by atoms with E-state index in [-0.39, 0.29) is 17.4 Å². The number of Topliss-reactive ketones (excluding diaryl/α,β-unsaturated/α-hetero) is 1. The summed E-state index contributed by atoms with van der Waals surface area (Å²) in [6.07, 6.45) is 4.02. The van der Waals surface area contributed by atoms with E-state index in [9.17, 15) is 9.18 Å². The number of anilines is 1. The Labute approximate surface area is 225 Å². The quantitative estimate of drug-likeness (QED) is 0.270. The Balaban J connectivity index is 1.33. The van der Waals surface area contributed by atoms with E-state index in [1.165, 1.54) is 19.2 Å². The fraction of sp³-hybridized carbons (Fsp3) is 0.345. The highest BCUT2D eigenvalue weighted by molar-refractivity contribution is 5.99. The second-order valence-electron chi connectivity index (χ2n) is 10.1. The Kier molecular flexibility index (Phi) is 6.88. The summed E-state index contributed by atoms with van der Waals surface area (Å²) < 4.78 is 32.3. The van der Waals surface area contributed by atoms with Gasteiger partial charge in [0.2, 0.25) is 5.88 Å². The number of ether oxygens (including phenoxy) is 3. The van der Waals surface area contributed by atoms with Gasteiger partial charge in [0.25, 0.3) is 0 Å². The van der Waals surface area contributed by atoms with Crippen molar-refractivity contribution < 1.29 is 23.4 Å². The van der Waals surface area contributed by atoms with Gasteiger partial charge in [0, 0.05) is 41.8 Å². The largest absolute Gasteiger partial charge is 0.494 e. The lowest BCUT2D eigenvalue weighted by Gasteiger charge is -2.26. The highest BCUT2D eigenvalue weighted by atomic mass is 19.1. The van der Waals surface area contributed by atoms with Crippen molar-refractivity contribution in [3.05, 3.63) is 65.6 Å². The summed E-state index contributed by atoms with van der Waals surface area (Å²) in [6, 6.07) is 12.4. The van der Waals surface area contributed by atoms with Gasteiger partial charge in [0.05, 0.1) is 44.4 Å². The van der Waals surface area contributed by atoms with Crippen molar-refractivity contribution in [3.8, 4) is 28.6 Å². The van der Waals surface area contributed by atoms with Crippen LogP contribution in [-0.4, -0.2) is 59.8 Å². The molecule has 0 bridgehead atoms. The van der Waals surface area contributed by atoms with E-state index in [1.54, 1.807) is 22.8 Å². The number of fused-ring (bicyclic) bond motifs is 1. The van der Waals surface area contributed by atoms with Crippen molar-refractivity contribution in [1.82, 2.24) is 19.9 Å². The number of aryl methyl sites for hydroxylation is 1. The zero-order valence-electron chi connectivity index (χ0n) is 21.9. The topological polar surface area (TPSA) is 99.0 Å². The molecule has 0 amide bonds. The molecule has 2 fully saturated rings. The van der Waals surface area contributed by atoms with Crippen LogP contribution >= 0.6 is 0 Å². The summed E-state index contributed by atoms with van der Waals surface area (Å²) in [7, 11) is 1.41. The highest BCUT2D eigenvalue weighted by Gasteiger charge is 2.23. The lowest BCUT2D eigenvalue weighted by Crippen LogP contribution is -2.33. The van der Waals surface area contributed by atoms with Gasteiger partial charge in [-0.05, 0) is 43.5 Å². The van der Waals surface area contributed by atoms with Gasteiger partial charge in [-0.3, -0.25) is 4.79 Å². The maximum Gasteiger partial charge on any atom is 0.239 e. The average Bonchev–Trinajstić information content (AvgIpc) is 3.63. The molecule has 0 unspecified atom stereocenters. The number of aromatic nitrogens is 3. The first kappa shape index (κ1) is 25.3. The number of nitrogens with one attached hydrogen (secondary N) is 2. The third-order valence-electron chi connectivity index (χ3n) is 7.03. The molecular weight excluding hydrogens is 501 g/mol. The lowest BCUT2D eigenvalue weighted by molar-refractivity contribution is -0.0248. The first-order chi connectivity index (χ1) is 19.0. The van der Waals surface area contributed by atoms with Gasteiger partial charge < -0.3 is 24.8 Å². The summed E-state index contributed by atoms with van der Waals surface area (Å²) in [5, 5.41) is 11.4. The zero-order chi connectivity index (χ0) is 26.9. The van der Waals surface area contributed by atoms with E-state index in [0.29, 0.717) is 55.2 Å². The first-order valence-electron chi connectivity index (χ1n) is 13.1. The zero-order valence-corrected chi connectivity index (χ0v) is 21.9. The minimum atomic E-state index is -0.528. The Hall–Kier alpha value is -4.02. The minimum Gasteiger partial charge on any atom is -0.494 e. The van der Waals surface area contributed by atoms with E-state index in [0.717, 1.165) is 35.3 Å². The van der Waals surface area contributed by atoms with Crippen LogP contribution in [-0.2, 0) is 4.74 Å². The van der Waals surface area contributed by atoms with Crippen molar-refractivity contribution in [2.75, 3.05) is 38.7 Å². The van der Waals surface area contributed by atoms with E-state index < -0.39 is 5.82 Å². The van der Waals surface area contributed by atoms with Crippen molar-refractivity contribution in [3.63, 3.8) is 0 Å². The molecular formula is C29H30FN5O4. The summed E-state index contributed by atoms with van der Waals surface area (Å²) in [5.74, 6) is 0.659. The number of rotatable bonds is 11. The molecule has 39 heavy (non-hydrogen) atoms. The van der Waals surface area contributed by atoms with Crippen LogP contribution < -0.4 is 20.1 Å². The molecule has 1 saturated carbocycles. The van der Waals surface area contributed by atoms with Crippen LogP contribution in [0.3, 0.4) is 0 Å². The minimum absolute atomic E-state index is 0.0797. The predicted molar refractivity (Wildman–Crippen MR) is 144 cm³/mol. The third-order valence-corrected chi connectivity index (χ3v) is 7.03. The van der Waals surface area contributed by atoms with Crippen LogP contribution in [0.4, 0.5) is 10.1 Å². The molecule has 1 saturated heterocycles. The van der Waals surface area contributed by atoms with Crippen molar-refractivity contribution in [2.24, 2.45) is 5.92 Å². The molecule has 1 aliphatic heterocycles. The number of imidazole rings is 1. The van der Waals surface area contributed by atoms with Gasteiger partial charge in [-0.25, -0.2) is 13.9 Å². The Bertz CT molecular complexity index is 1530. The van der Waals surface area contributed by atoms with Gasteiger partial charge in [0.15, 0.2) is 23.0 Å². The smallest absolute Gasteiger partial charge is 0.239 e. The monoisotopic (exact) mass is 531 g/mol. The van der Waals surface area contributed by atoms with E-state index >= 15 is 0 Å². The van der Waals surface area contributed by atoms with Crippen molar-refractivity contribution in [2.45, 2.75) is 25.8 Å². The molecule has 1 aliphatic carbocycles. The van der Waals surface area contributed by atoms with E-state index in [1.807, 2.05) is 25.1 Å². The number of hydrogen-bond acceptors (Lipinski definition) is 8. The van der Waals surface area contributed by atoms with Crippen molar-refractivity contribution >= 4 is 17.1 Å². The molecule has 2 aromatic carbocycles. The van der Waals surface area contributed by atoms with Gasteiger partial charge in [0.1, 0.15) is 5.75 Å². The number of benzene rings is 2. The molecule has 0 spiro atoms. The molecule has 6 rings (SSSR count). The van der Waals surface area contributed by atoms with E-state index in [4.69, 9.17) is 14.2 Å². The Morgan fingerprint density at radius 2 is 2.03 bits per heavy atom. The second kappa shape index (κ2) is 10.6. The average molecular weight is 532 g/mol. The predicted octanol–water partition coefficient (Wildman–Crippen LogP) is 4.64. The van der Waals surface area contributed by atoms with Crippen LogP contribution in [0.25, 0.3) is 16.9 Å². The highest BCUT2D eigenvalue weighted by Crippen LogP contribution is 2.31. The summed E-state index contributed by atoms with van der Waals surface area (Å²) in [5.41, 5.74) is 4.56. The number of nitrogens with zero attached hydrogens (tertiary/aromatic N) is 3. The van der Waals surface area contributed by atoms with E-state index in [2.05, 4.69) is 20.7 Å². The fourth-order valence-electron chi connectivity index (χ4n) is 4.57. The standard InChI is InChI=1S/C29H30FN5O4/c1-17-9-19(3-7-22(17)26(36)14-31-20-4-5-20)25-13-33-29-24(32-12-18-15-38-16-18)11-28(34-35(25)29)39-21-6-8-27(37-2)23(30)10-21/h3,6-11,13,18,20,31-32H,4-5,12,14-16H2,1-2H3. The molecule has 4 aromatic rings. The number of methoxy groups -OCH3 is 1. The van der Waals surface area contributed by atoms with Gasteiger partial charge in [-0.15, -0.1) is 5.10 Å². The Morgan fingerprint density at radius 1 is 1.18 bits per heavy atom. The number of carbonyl (C=O) groups is 1. The molecule has 0 radical (unpaired) electrons.